The zero-order valence-electron chi connectivity index (χ0n) is 19.6. The average molecular weight is 478 g/mol. The van der Waals surface area contributed by atoms with Crippen molar-refractivity contribution in [2.45, 2.75) is 70.7 Å². The van der Waals surface area contributed by atoms with Crippen LogP contribution in [0.3, 0.4) is 0 Å². The van der Waals surface area contributed by atoms with Crippen LogP contribution < -0.4 is 21.3 Å². The van der Waals surface area contributed by atoms with E-state index in [2.05, 4.69) is 26.2 Å². The average Bonchev–Trinajstić information content (AvgIpc) is 3.22. The van der Waals surface area contributed by atoms with Crippen molar-refractivity contribution in [3.63, 3.8) is 0 Å². The number of nitrogens with zero attached hydrogens (tertiary/aromatic N) is 1. The minimum absolute atomic E-state index is 0.0554. The summed E-state index contributed by atoms with van der Waals surface area (Å²) in [5.41, 5.74) is 0. The van der Waals surface area contributed by atoms with Crippen LogP contribution in [0.4, 0.5) is 0 Å². The Labute approximate surface area is 190 Å². The van der Waals surface area contributed by atoms with Crippen LogP contribution in [0.15, 0.2) is 0 Å². The molecule has 6 N–H and O–H groups in total. The van der Waals surface area contributed by atoms with Gasteiger partial charge in [-0.15, -0.1) is 0 Å². The molecule has 0 aromatic rings. The fourth-order valence-electron chi connectivity index (χ4n) is 3.68. The lowest BCUT2D eigenvalue weighted by Gasteiger charge is -2.27. The Morgan fingerprint density at radius 1 is 1.06 bits per heavy atom. The first-order chi connectivity index (χ1) is 15.0. The van der Waals surface area contributed by atoms with Gasteiger partial charge < -0.3 is 30.6 Å². The highest BCUT2D eigenvalue weighted by atomic mass is 31.2. The second-order valence-corrected chi connectivity index (χ2v) is 10.4. The molecule has 0 spiro atoms. The van der Waals surface area contributed by atoms with Gasteiger partial charge in [0.25, 0.3) is 0 Å². The molecule has 0 aromatic heterocycles. The molecule has 0 bridgehead atoms. The van der Waals surface area contributed by atoms with Gasteiger partial charge in [0.05, 0.1) is 12.5 Å². The quantitative estimate of drug-likeness (QED) is 0.187. The third-order valence-corrected chi connectivity index (χ3v) is 6.75. The number of carbonyl (C=O) groups is 3. The lowest BCUT2D eigenvalue weighted by atomic mass is 10.0. The minimum atomic E-state index is -4.45. The molecule has 3 atom stereocenters. The maximum Gasteiger partial charge on any atom is 0.342 e. The standard InChI is InChI=1S/C20H40N5O6P/c1-5-18(32(29,30)31)23-15(12-14(2)3)20(28)24-16(19(27)21-4)13-17(26)22-8-11-25-9-6-7-10-25/h14-16,18,23H,5-13H2,1-4H3,(H,21,27)(H,22,26)(H,24,28)(H2,29,30,31)/t15-,16-,18+/m0/s1. The molecule has 1 fully saturated rings. The van der Waals surface area contributed by atoms with E-state index in [4.69, 9.17) is 0 Å². The Hall–Kier alpha value is -1.52. The zero-order valence-corrected chi connectivity index (χ0v) is 20.5. The minimum Gasteiger partial charge on any atom is -0.357 e. The van der Waals surface area contributed by atoms with Crippen molar-refractivity contribution in [2.24, 2.45) is 5.92 Å². The highest BCUT2D eigenvalue weighted by Crippen LogP contribution is 2.41. The number of nitrogens with one attached hydrogen (secondary N) is 4. The van der Waals surface area contributed by atoms with Gasteiger partial charge in [0.1, 0.15) is 11.8 Å². The van der Waals surface area contributed by atoms with E-state index in [-0.39, 0.29) is 24.7 Å². The number of hydrogen-bond donors (Lipinski definition) is 6. The summed E-state index contributed by atoms with van der Waals surface area (Å²) in [4.78, 5) is 58.9. The maximum atomic E-state index is 12.9. The molecule has 3 amide bonds. The highest BCUT2D eigenvalue weighted by molar-refractivity contribution is 7.52. The van der Waals surface area contributed by atoms with Gasteiger partial charge in [-0.1, -0.05) is 20.8 Å². The molecule has 0 radical (unpaired) electrons. The molecule has 1 heterocycles. The summed E-state index contributed by atoms with van der Waals surface area (Å²) < 4.78 is 11.7. The molecule has 1 saturated heterocycles. The van der Waals surface area contributed by atoms with Crippen molar-refractivity contribution in [1.82, 2.24) is 26.2 Å². The van der Waals surface area contributed by atoms with Crippen LogP contribution in [0.1, 0.15) is 52.9 Å². The number of amides is 3. The molecule has 0 aliphatic carbocycles. The van der Waals surface area contributed by atoms with E-state index in [0.29, 0.717) is 13.0 Å². The highest BCUT2D eigenvalue weighted by Gasteiger charge is 2.33. The molecule has 12 heteroatoms. The summed E-state index contributed by atoms with van der Waals surface area (Å²) in [5.74, 6) is -2.57. The van der Waals surface area contributed by atoms with Crippen LogP contribution in [0.25, 0.3) is 0 Å². The summed E-state index contributed by atoms with van der Waals surface area (Å²) in [7, 11) is -3.04. The number of likely N-dealkylation sites (tertiary alicyclic amines) is 1. The lowest BCUT2D eigenvalue weighted by molar-refractivity contribution is -0.132. The molecular formula is C20H40N5O6P. The van der Waals surface area contributed by atoms with E-state index < -0.39 is 37.3 Å². The first-order valence-corrected chi connectivity index (χ1v) is 13.0. The topological polar surface area (TPSA) is 160 Å². The second-order valence-electron chi connectivity index (χ2n) is 8.64. The zero-order chi connectivity index (χ0) is 24.3. The van der Waals surface area contributed by atoms with Gasteiger partial charge in [0.2, 0.25) is 17.7 Å². The van der Waals surface area contributed by atoms with Crippen molar-refractivity contribution in [3.8, 4) is 0 Å². The molecule has 1 rings (SSSR count). The summed E-state index contributed by atoms with van der Waals surface area (Å²) >= 11 is 0. The SMILES string of the molecule is CC[C@H](N[C@@H](CC(C)C)C(=O)N[C@@H](CC(=O)NCCN1CCCC1)C(=O)NC)P(=O)(O)O. The summed E-state index contributed by atoms with van der Waals surface area (Å²) in [6.07, 6.45) is 2.53. The van der Waals surface area contributed by atoms with Gasteiger partial charge in [-0.2, -0.15) is 0 Å². The van der Waals surface area contributed by atoms with Crippen molar-refractivity contribution < 1.29 is 28.7 Å². The van der Waals surface area contributed by atoms with Crippen molar-refractivity contribution in [2.75, 3.05) is 33.2 Å². The Bertz CT molecular complexity index is 665. The van der Waals surface area contributed by atoms with Gasteiger partial charge in [-0.05, 0) is 44.7 Å². The summed E-state index contributed by atoms with van der Waals surface area (Å²) in [6, 6.07) is -2.01. The molecule has 11 nitrogen and oxygen atoms in total. The lowest BCUT2D eigenvalue weighted by Crippen LogP contribution is -2.55. The Kier molecular flexibility index (Phi) is 12.4. The van der Waals surface area contributed by atoms with Gasteiger partial charge >= 0.3 is 7.60 Å². The van der Waals surface area contributed by atoms with Gasteiger partial charge in [-0.3, -0.25) is 24.3 Å². The molecular weight excluding hydrogens is 437 g/mol. The Balaban J connectivity index is 2.75. The summed E-state index contributed by atoms with van der Waals surface area (Å²) in [6.45, 7) is 8.61. The van der Waals surface area contributed by atoms with Crippen LogP contribution in [0.5, 0.6) is 0 Å². The Morgan fingerprint density at radius 2 is 1.69 bits per heavy atom. The van der Waals surface area contributed by atoms with E-state index in [0.717, 1.165) is 32.5 Å². The third kappa shape index (κ3) is 10.4. The fraction of sp³-hybridized carbons (Fsp3) is 0.850. The molecule has 0 aromatic carbocycles. The van der Waals surface area contributed by atoms with E-state index >= 15 is 0 Å². The maximum absolute atomic E-state index is 12.9. The second kappa shape index (κ2) is 13.9. The number of carbonyl (C=O) groups excluding carboxylic acids is 3. The van der Waals surface area contributed by atoms with Gasteiger partial charge in [-0.25, -0.2) is 0 Å². The van der Waals surface area contributed by atoms with E-state index in [9.17, 15) is 28.7 Å². The number of likely N-dealkylation sites (N-methyl/N-ethyl adjacent to an activating group) is 1. The normalized spacial score (nSPS) is 17.6. The van der Waals surface area contributed by atoms with E-state index in [1.807, 2.05) is 13.8 Å². The first-order valence-electron chi connectivity index (χ1n) is 11.3. The van der Waals surface area contributed by atoms with Crippen molar-refractivity contribution in [1.29, 1.82) is 0 Å². The van der Waals surface area contributed by atoms with Crippen LogP contribution in [-0.4, -0.2) is 83.5 Å². The molecule has 32 heavy (non-hydrogen) atoms. The fourth-order valence-corrected chi connectivity index (χ4v) is 4.53. The largest absolute Gasteiger partial charge is 0.357 e. The molecule has 1 aliphatic rings. The van der Waals surface area contributed by atoms with Crippen LogP contribution in [0, 0.1) is 5.92 Å². The molecule has 0 saturated carbocycles. The van der Waals surface area contributed by atoms with Crippen LogP contribution in [0.2, 0.25) is 0 Å². The smallest absolute Gasteiger partial charge is 0.342 e. The van der Waals surface area contributed by atoms with Gasteiger partial charge in [0.15, 0.2) is 0 Å². The number of rotatable bonds is 14. The van der Waals surface area contributed by atoms with Crippen LogP contribution in [-0.2, 0) is 18.9 Å². The van der Waals surface area contributed by atoms with E-state index in [1.165, 1.54) is 7.05 Å². The molecule has 186 valence electrons. The van der Waals surface area contributed by atoms with Crippen LogP contribution >= 0.6 is 7.60 Å². The summed E-state index contributed by atoms with van der Waals surface area (Å²) in [5, 5.41) is 10.6. The Morgan fingerprint density at radius 3 is 2.19 bits per heavy atom. The molecule has 1 aliphatic heterocycles. The predicted octanol–water partition coefficient (Wildman–Crippen LogP) is -0.263. The molecule has 0 unspecified atom stereocenters. The third-order valence-electron chi connectivity index (χ3n) is 5.43. The van der Waals surface area contributed by atoms with Crippen molar-refractivity contribution >= 4 is 25.3 Å². The van der Waals surface area contributed by atoms with Gasteiger partial charge in [0, 0.05) is 20.1 Å². The first kappa shape index (κ1) is 28.5. The van der Waals surface area contributed by atoms with Crippen molar-refractivity contribution in [3.05, 3.63) is 0 Å². The monoisotopic (exact) mass is 477 g/mol. The van der Waals surface area contributed by atoms with E-state index in [1.54, 1.807) is 6.92 Å². The predicted molar refractivity (Wildman–Crippen MR) is 122 cm³/mol. The number of hydrogen-bond acceptors (Lipinski definition) is 6.